The second kappa shape index (κ2) is 6.01. The third-order valence-corrected chi connectivity index (χ3v) is 3.38. The van der Waals surface area contributed by atoms with Crippen molar-refractivity contribution in [1.29, 1.82) is 0 Å². The highest BCUT2D eigenvalue weighted by molar-refractivity contribution is 9.10. The number of nitrogens with zero attached hydrogens (tertiary/aromatic N) is 1. The molecule has 0 fully saturated rings. The fraction of sp³-hybridized carbons (Fsp3) is 0.143. The van der Waals surface area contributed by atoms with E-state index in [-0.39, 0.29) is 11.3 Å². The van der Waals surface area contributed by atoms with E-state index in [1.165, 1.54) is 18.2 Å². The van der Waals surface area contributed by atoms with E-state index < -0.39 is 17.6 Å². The molecule has 0 aliphatic heterocycles. The highest BCUT2D eigenvalue weighted by Gasteiger charge is 2.17. The average molecular weight is 353 g/mol. The number of aromatic hydroxyl groups is 1. The van der Waals surface area contributed by atoms with Gasteiger partial charge in [-0.1, -0.05) is 6.07 Å². The number of hydrogen-bond donors (Lipinski definition) is 3. The molecule has 2 aromatic rings. The molecule has 0 saturated heterocycles. The van der Waals surface area contributed by atoms with Gasteiger partial charge in [0.15, 0.2) is 5.75 Å². The molecular formula is C14H13BrN2O4. The number of carboxylic acids is 1. The van der Waals surface area contributed by atoms with Gasteiger partial charge in [-0.15, -0.1) is 0 Å². The van der Waals surface area contributed by atoms with Crippen LogP contribution in [0, 0.1) is 0 Å². The minimum absolute atomic E-state index is 0.0554. The van der Waals surface area contributed by atoms with E-state index in [0.29, 0.717) is 12.2 Å². The van der Waals surface area contributed by atoms with E-state index in [9.17, 15) is 14.7 Å². The Morgan fingerprint density at radius 1 is 1.38 bits per heavy atom. The first kappa shape index (κ1) is 15.1. The van der Waals surface area contributed by atoms with Crippen molar-refractivity contribution in [2.75, 3.05) is 5.32 Å². The maximum absolute atomic E-state index is 12.2. The molecule has 3 N–H and O–H groups in total. The molecule has 0 radical (unpaired) electrons. The van der Waals surface area contributed by atoms with Crippen LogP contribution >= 0.6 is 15.9 Å². The van der Waals surface area contributed by atoms with Crippen LogP contribution in [0.4, 0.5) is 5.69 Å². The topological polar surface area (TPSA) is 91.6 Å². The van der Waals surface area contributed by atoms with Crippen LogP contribution in [0.2, 0.25) is 0 Å². The number of amides is 1. The van der Waals surface area contributed by atoms with Gasteiger partial charge in [0.05, 0.1) is 5.69 Å². The number of halogens is 1. The molecule has 7 heteroatoms. The Morgan fingerprint density at radius 3 is 2.71 bits per heavy atom. The zero-order valence-corrected chi connectivity index (χ0v) is 12.7. The lowest BCUT2D eigenvalue weighted by Gasteiger charge is -2.10. The van der Waals surface area contributed by atoms with Crippen molar-refractivity contribution in [1.82, 2.24) is 4.57 Å². The van der Waals surface area contributed by atoms with Crippen molar-refractivity contribution in [2.24, 2.45) is 0 Å². The molecule has 1 amide bonds. The van der Waals surface area contributed by atoms with Crippen LogP contribution in [0.5, 0.6) is 5.75 Å². The van der Waals surface area contributed by atoms with Crippen LogP contribution in [0.15, 0.2) is 34.9 Å². The first-order valence-corrected chi connectivity index (χ1v) is 6.95. The van der Waals surface area contributed by atoms with Gasteiger partial charge in [-0.25, -0.2) is 4.79 Å². The fourth-order valence-electron chi connectivity index (χ4n) is 1.93. The fourth-order valence-corrected chi connectivity index (χ4v) is 2.39. The van der Waals surface area contributed by atoms with Gasteiger partial charge >= 0.3 is 5.97 Å². The standard InChI is InChI=1S/C14H13BrN2O4/c1-2-17-7-8(15)6-11(17)13(19)16-10-5-3-4-9(12(10)18)14(20)21/h3-7,18H,2H2,1H3,(H,16,19)(H,20,21). The first-order chi connectivity index (χ1) is 9.93. The van der Waals surface area contributed by atoms with Crippen molar-refractivity contribution in [3.8, 4) is 5.75 Å². The molecule has 1 heterocycles. The first-order valence-electron chi connectivity index (χ1n) is 6.16. The molecule has 0 unspecified atom stereocenters. The largest absolute Gasteiger partial charge is 0.505 e. The molecular weight excluding hydrogens is 340 g/mol. The monoisotopic (exact) mass is 352 g/mol. The number of carbonyl (C=O) groups excluding carboxylic acids is 1. The normalized spacial score (nSPS) is 10.4. The lowest BCUT2D eigenvalue weighted by molar-refractivity contribution is 0.0693. The van der Waals surface area contributed by atoms with Crippen LogP contribution < -0.4 is 5.32 Å². The van der Waals surface area contributed by atoms with Crippen LogP contribution in [-0.4, -0.2) is 26.7 Å². The molecule has 1 aromatic heterocycles. The van der Waals surface area contributed by atoms with Gasteiger partial charge < -0.3 is 20.1 Å². The zero-order valence-electron chi connectivity index (χ0n) is 11.1. The van der Waals surface area contributed by atoms with Crippen LogP contribution in [0.3, 0.4) is 0 Å². The van der Waals surface area contributed by atoms with Crippen LogP contribution in [0.1, 0.15) is 27.8 Å². The Hall–Kier alpha value is -2.28. The van der Waals surface area contributed by atoms with E-state index in [1.807, 2.05) is 6.92 Å². The summed E-state index contributed by atoms with van der Waals surface area (Å²) in [6.07, 6.45) is 1.77. The van der Waals surface area contributed by atoms with Gasteiger partial charge in [0.1, 0.15) is 11.3 Å². The quantitative estimate of drug-likeness (QED) is 0.737. The summed E-state index contributed by atoms with van der Waals surface area (Å²) < 4.78 is 2.50. The third-order valence-electron chi connectivity index (χ3n) is 2.95. The van der Waals surface area contributed by atoms with E-state index in [2.05, 4.69) is 21.2 Å². The number of phenols is 1. The molecule has 0 atom stereocenters. The summed E-state index contributed by atoms with van der Waals surface area (Å²) in [6, 6.07) is 5.80. The lowest BCUT2D eigenvalue weighted by Crippen LogP contribution is -2.16. The number of para-hydroxylation sites is 1. The molecule has 110 valence electrons. The Labute approximate surface area is 129 Å². The summed E-state index contributed by atoms with van der Waals surface area (Å²) >= 11 is 3.29. The minimum atomic E-state index is -1.26. The number of anilines is 1. The van der Waals surface area contributed by atoms with Crippen LogP contribution in [-0.2, 0) is 6.54 Å². The molecule has 6 nitrogen and oxygen atoms in total. The maximum atomic E-state index is 12.2. The van der Waals surface area contributed by atoms with E-state index >= 15 is 0 Å². The van der Waals surface area contributed by atoms with Gasteiger partial charge in [-0.2, -0.15) is 0 Å². The average Bonchev–Trinajstić information content (AvgIpc) is 2.82. The number of carboxylic acid groups (broad SMARTS) is 1. The van der Waals surface area contributed by atoms with Crippen molar-refractivity contribution < 1.29 is 19.8 Å². The highest BCUT2D eigenvalue weighted by atomic mass is 79.9. The molecule has 0 aliphatic rings. The summed E-state index contributed by atoms with van der Waals surface area (Å²) in [5, 5.41) is 21.3. The summed E-state index contributed by atoms with van der Waals surface area (Å²) in [5.41, 5.74) is 0.198. The van der Waals surface area contributed by atoms with E-state index in [0.717, 1.165) is 4.47 Å². The number of aromatic nitrogens is 1. The molecule has 0 spiro atoms. The predicted octanol–water partition coefficient (Wildman–Crippen LogP) is 2.93. The number of aromatic carboxylic acids is 1. The van der Waals surface area contributed by atoms with Gasteiger partial charge in [-0.3, -0.25) is 4.79 Å². The number of rotatable bonds is 4. The van der Waals surface area contributed by atoms with Crippen molar-refractivity contribution >= 4 is 33.5 Å². The van der Waals surface area contributed by atoms with Gasteiger partial charge in [-0.05, 0) is 41.1 Å². The lowest BCUT2D eigenvalue weighted by atomic mass is 10.1. The summed E-state index contributed by atoms with van der Waals surface area (Å²) in [4.78, 5) is 23.2. The Bertz CT molecular complexity index is 709. The summed E-state index contributed by atoms with van der Waals surface area (Å²) in [6.45, 7) is 2.50. The summed E-state index contributed by atoms with van der Waals surface area (Å²) in [7, 11) is 0. The van der Waals surface area contributed by atoms with Gasteiger partial charge in [0, 0.05) is 17.2 Å². The molecule has 21 heavy (non-hydrogen) atoms. The number of nitrogens with one attached hydrogen (secondary N) is 1. The highest BCUT2D eigenvalue weighted by Crippen LogP contribution is 2.28. The smallest absolute Gasteiger partial charge is 0.339 e. The number of benzene rings is 1. The Kier molecular flexibility index (Phi) is 4.32. The second-order valence-corrected chi connectivity index (χ2v) is 5.21. The van der Waals surface area contributed by atoms with Crippen molar-refractivity contribution in [3.63, 3.8) is 0 Å². The molecule has 2 rings (SSSR count). The van der Waals surface area contributed by atoms with E-state index in [1.54, 1.807) is 16.8 Å². The van der Waals surface area contributed by atoms with Crippen molar-refractivity contribution in [3.05, 3.63) is 46.2 Å². The number of aryl methyl sites for hydroxylation is 1. The number of hydrogen-bond acceptors (Lipinski definition) is 3. The maximum Gasteiger partial charge on any atom is 0.339 e. The minimum Gasteiger partial charge on any atom is -0.505 e. The molecule has 0 bridgehead atoms. The van der Waals surface area contributed by atoms with Gasteiger partial charge in [0.2, 0.25) is 0 Å². The van der Waals surface area contributed by atoms with Crippen molar-refractivity contribution in [2.45, 2.75) is 13.5 Å². The predicted molar refractivity (Wildman–Crippen MR) is 80.8 cm³/mol. The molecule has 1 aromatic carbocycles. The Morgan fingerprint density at radius 2 is 2.10 bits per heavy atom. The van der Waals surface area contributed by atoms with Crippen LogP contribution in [0.25, 0.3) is 0 Å². The van der Waals surface area contributed by atoms with Gasteiger partial charge in [0.25, 0.3) is 5.91 Å². The zero-order chi connectivity index (χ0) is 15.6. The third kappa shape index (κ3) is 3.08. The van der Waals surface area contributed by atoms with E-state index in [4.69, 9.17) is 5.11 Å². The SMILES string of the molecule is CCn1cc(Br)cc1C(=O)Nc1cccc(C(=O)O)c1O. The second-order valence-electron chi connectivity index (χ2n) is 4.29. The molecule has 0 aliphatic carbocycles. The Balaban J connectivity index is 2.32. The number of carbonyl (C=O) groups is 2. The summed E-state index contributed by atoms with van der Waals surface area (Å²) in [5.74, 6) is -2.16. The molecule has 0 saturated carbocycles.